The Balaban J connectivity index is 1.51. The van der Waals surface area contributed by atoms with Crippen molar-refractivity contribution in [3.8, 4) is 5.75 Å². The molecule has 0 bridgehead atoms. The van der Waals surface area contributed by atoms with Crippen molar-refractivity contribution >= 4 is 28.4 Å². The fourth-order valence-corrected chi connectivity index (χ4v) is 4.33. The molecular weight excluding hydrogens is 460 g/mol. The van der Waals surface area contributed by atoms with E-state index in [9.17, 15) is 14.7 Å². The van der Waals surface area contributed by atoms with Gasteiger partial charge in [-0.15, -0.1) is 0 Å². The molecule has 9 nitrogen and oxygen atoms in total. The first-order valence-corrected chi connectivity index (χ1v) is 12.1. The topological polar surface area (TPSA) is 97.1 Å². The minimum atomic E-state index is -1.12. The lowest BCUT2D eigenvalue weighted by Crippen LogP contribution is -2.50. The Morgan fingerprint density at radius 3 is 2.36 bits per heavy atom. The lowest BCUT2D eigenvalue weighted by Gasteiger charge is -2.38. The molecule has 1 aliphatic rings. The Hall–Kier alpha value is -3.59. The van der Waals surface area contributed by atoms with Crippen molar-refractivity contribution in [3.63, 3.8) is 0 Å². The van der Waals surface area contributed by atoms with Gasteiger partial charge in [0.15, 0.2) is 0 Å². The van der Waals surface area contributed by atoms with Crippen LogP contribution in [0.25, 0.3) is 10.9 Å². The first kappa shape index (κ1) is 25.5. The molecule has 3 aromatic rings. The number of piperidine rings is 1. The third-order valence-electron chi connectivity index (χ3n) is 6.47. The van der Waals surface area contributed by atoms with Crippen LogP contribution in [0.5, 0.6) is 5.75 Å². The molecule has 1 fully saturated rings. The van der Waals surface area contributed by atoms with Crippen LogP contribution in [-0.4, -0.2) is 64.1 Å². The molecule has 2 aromatic carbocycles. The molecular formula is C27H34N4O5. The van der Waals surface area contributed by atoms with E-state index in [1.807, 2.05) is 75.2 Å². The van der Waals surface area contributed by atoms with E-state index in [0.29, 0.717) is 36.8 Å². The van der Waals surface area contributed by atoms with E-state index < -0.39 is 11.2 Å². The standard InChI is InChI=1S/C27H34N4O5/c1-26(2,3)36-25(33)30-14-12-27(34,13-15-30)17-31-18-28-23-11-8-20(16-22(23)24(31)32)29(4)19-6-9-21(35-5)10-7-19/h6-11,16,18,34H,12-15,17H2,1-5H3. The number of carbonyl (C=O) groups excluding carboxylic acids is 1. The summed E-state index contributed by atoms with van der Waals surface area (Å²) in [5.74, 6) is 0.771. The molecule has 0 unspecified atom stereocenters. The van der Waals surface area contributed by atoms with Crippen LogP contribution in [0.2, 0.25) is 0 Å². The summed E-state index contributed by atoms with van der Waals surface area (Å²) in [4.78, 5) is 33.7. The van der Waals surface area contributed by atoms with Gasteiger partial charge in [-0.2, -0.15) is 0 Å². The van der Waals surface area contributed by atoms with Crippen LogP contribution < -0.4 is 15.2 Å². The molecule has 0 saturated carbocycles. The van der Waals surface area contributed by atoms with Crippen LogP contribution in [0.4, 0.5) is 16.2 Å². The average molecular weight is 495 g/mol. The number of nitrogens with zero attached hydrogens (tertiary/aromatic N) is 4. The highest BCUT2D eigenvalue weighted by molar-refractivity contribution is 5.83. The molecule has 1 saturated heterocycles. The molecule has 1 aliphatic heterocycles. The largest absolute Gasteiger partial charge is 0.497 e. The van der Waals surface area contributed by atoms with Gasteiger partial charge in [0.25, 0.3) is 5.56 Å². The SMILES string of the molecule is COc1ccc(N(C)c2ccc3ncn(CC4(O)CCN(C(=O)OC(C)(C)C)CC4)c(=O)c3c2)cc1. The number of aromatic nitrogens is 2. The summed E-state index contributed by atoms with van der Waals surface area (Å²) in [7, 11) is 3.56. The van der Waals surface area contributed by atoms with Crippen molar-refractivity contribution in [2.75, 3.05) is 32.1 Å². The number of rotatable bonds is 5. The minimum absolute atomic E-state index is 0.107. The first-order valence-electron chi connectivity index (χ1n) is 12.1. The number of fused-ring (bicyclic) bond motifs is 1. The van der Waals surface area contributed by atoms with Gasteiger partial charge in [-0.05, 0) is 76.1 Å². The van der Waals surface area contributed by atoms with Crippen LogP contribution in [0.15, 0.2) is 53.6 Å². The van der Waals surface area contributed by atoms with E-state index in [4.69, 9.17) is 9.47 Å². The van der Waals surface area contributed by atoms with Gasteiger partial charge in [-0.25, -0.2) is 9.78 Å². The lowest BCUT2D eigenvalue weighted by molar-refractivity contribution is -0.0419. The van der Waals surface area contributed by atoms with Crippen molar-refractivity contribution < 1.29 is 19.4 Å². The van der Waals surface area contributed by atoms with Crippen LogP contribution in [-0.2, 0) is 11.3 Å². The van der Waals surface area contributed by atoms with Gasteiger partial charge in [0.2, 0.25) is 0 Å². The smallest absolute Gasteiger partial charge is 0.410 e. The fraction of sp³-hybridized carbons (Fsp3) is 0.444. The lowest BCUT2D eigenvalue weighted by atomic mass is 9.91. The molecule has 36 heavy (non-hydrogen) atoms. The normalized spacial score (nSPS) is 15.6. The number of amides is 1. The second kappa shape index (κ2) is 9.81. The highest BCUT2D eigenvalue weighted by Crippen LogP contribution is 2.28. The van der Waals surface area contributed by atoms with Crippen molar-refractivity contribution in [1.29, 1.82) is 0 Å². The van der Waals surface area contributed by atoms with Gasteiger partial charge in [0.1, 0.15) is 11.4 Å². The van der Waals surface area contributed by atoms with Crippen molar-refractivity contribution in [2.24, 2.45) is 0 Å². The van der Waals surface area contributed by atoms with Crippen molar-refractivity contribution in [3.05, 3.63) is 59.1 Å². The van der Waals surface area contributed by atoms with E-state index in [2.05, 4.69) is 4.98 Å². The summed E-state index contributed by atoms with van der Waals surface area (Å²) < 4.78 is 12.1. The van der Waals surface area contributed by atoms with Crippen LogP contribution in [0.3, 0.4) is 0 Å². The van der Waals surface area contributed by atoms with Crippen molar-refractivity contribution in [1.82, 2.24) is 14.5 Å². The number of anilines is 2. The maximum absolute atomic E-state index is 13.4. The molecule has 2 heterocycles. The second-order valence-electron chi connectivity index (χ2n) is 10.3. The summed E-state index contributed by atoms with van der Waals surface area (Å²) in [6, 6.07) is 13.2. The Labute approximate surface area is 210 Å². The van der Waals surface area contributed by atoms with Gasteiger partial charge in [0.05, 0.1) is 36.5 Å². The van der Waals surface area contributed by atoms with E-state index in [-0.39, 0.29) is 18.2 Å². The molecule has 192 valence electrons. The second-order valence-corrected chi connectivity index (χ2v) is 10.3. The molecule has 0 radical (unpaired) electrons. The van der Waals surface area contributed by atoms with Gasteiger partial charge in [-0.3, -0.25) is 9.36 Å². The molecule has 0 spiro atoms. The summed E-state index contributed by atoms with van der Waals surface area (Å²) in [5.41, 5.74) is 0.478. The maximum atomic E-state index is 13.4. The summed E-state index contributed by atoms with van der Waals surface area (Å²) in [6.45, 7) is 6.30. The monoisotopic (exact) mass is 494 g/mol. The highest BCUT2D eigenvalue weighted by atomic mass is 16.6. The van der Waals surface area contributed by atoms with Crippen molar-refractivity contribution in [2.45, 2.75) is 51.4 Å². The highest BCUT2D eigenvalue weighted by Gasteiger charge is 2.36. The summed E-state index contributed by atoms with van der Waals surface area (Å²) in [5, 5.41) is 11.7. The molecule has 4 rings (SSSR count). The Kier molecular flexibility index (Phi) is 6.95. The Morgan fingerprint density at radius 2 is 1.75 bits per heavy atom. The van der Waals surface area contributed by atoms with Gasteiger partial charge >= 0.3 is 6.09 Å². The third kappa shape index (κ3) is 5.62. The molecule has 0 atom stereocenters. The maximum Gasteiger partial charge on any atom is 0.410 e. The van der Waals surface area contributed by atoms with E-state index in [0.717, 1.165) is 17.1 Å². The van der Waals surface area contributed by atoms with Crippen LogP contribution >= 0.6 is 0 Å². The zero-order valence-electron chi connectivity index (χ0n) is 21.5. The van der Waals surface area contributed by atoms with Gasteiger partial charge < -0.3 is 24.4 Å². The van der Waals surface area contributed by atoms with Crippen LogP contribution in [0.1, 0.15) is 33.6 Å². The van der Waals surface area contributed by atoms with Gasteiger partial charge in [0, 0.05) is 31.5 Å². The molecule has 0 aliphatic carbocycles. The first-order chi connectivity index (χ1) is 17.0. The van der Waals surface area contributed by atoms with Gasteiger partial charge in [-0.1, -0.05) is 0 Å². The quantitative estimate of drug-likeness (QED) is 0.574. The number of aliphatic hydroxyl groups is 1. The predicted octanol–water partition coefficient (Wildman–Crippen LogP) is 3.94. The summed E-state index contributed by atoms with van der Waals surface area (Å²) >= 11 is 0. The molecule has 1 N–H and O–H groups in total. The Bertz CT molecular complexity index is 1290. The molecule has 1 aromatic heterocycles. The van der Waals surface area contributed by atoms with Crippen LogP contribution in [0, 0.1) is 0 Å². The fourth-order valence-electron chi connectivity index (χ4n) is 4.33. The number of carbonyl (C=O) groups is 1. The zero-order valence-corrected chi connectivity index (χ0v) is 21.5. The predicted molar refractivity (Wildman–Crippen MR) is 139 cm³/mol. The number of hydrogen-bond donors (Lipinski definition) is 1. The summed E-state index contributed by atoms with van der Waals surface area (Å²) in [6.07, 6.45) is 1.78. The number of benzene rings is 2. The number of methoxy groups -OCH3 is 1. The number of hydrogen-bond acceptors (Lipinski definition) is 7. The Morgan fingerprint density at radius 1 is 1.11 bits per heavy atom. The molecule has 1 amide bonds. The molecule has 9 heteroatoms. The van der Waals surface area contributed by atoms with E-state index in [1.54, 1.807) is 12.0 Å². The number of ether oxygens (including phenoxy) is 2. The third-order valence-corrected chi connectivity index (χ3v) is 6.47. The zero-order chi connectivity index (χ0) is 26.1. The average Bonchev–Trinajstić information content (AvgIpc) is 2.84. The van der Waals surface area contributed by atoms with E-state index >= 15 is 0 Å². The minimum Gasteiger partial charge on any atom is -0.497 e. The number of likely N-dealkylation sites (tertiary alicyclic amines) is 1. The van der Waals surface area contributed by atoms with E-state index in [1.165, 1.54) is 10.9 Å².